The number of amides is 4. The Bertz CT molecular complexity index is 1680. The smallest absolute Gasteiger partial charge is 0.264 e. The minimum atomic E-state index is -0.999. The maximum atomic E-state index is 13.4. The second kappa shape index (κ2) is 11.5. The summed E-state index contributed by atoms with van der Waals surface area (Å²) in [6.45, 7) is 8.23. The Balaban J connectivity index is 1.08. The number of piperidine rings is 1. The molecule has 6 rings (SSSR count). The minimum absolute atomic E-state index is 0.0781. The normalized spacial score (nSPS) is 19.9. The molecule has 2 aromatic carbocycles. The van der Waals surface area contributed by atoms with Crippen LogP contribution in [0.2, 0.25) is 0 Å². The number of nitrogens with one attached hydrogen (secondary N) is 2. The molecule has 0 spiro atoms. The first-order valence-corrected chi connectivity index (χ1v) is 14.7. The summed E-state index contributed by atoms with van der Waals surface area (Å²) in [4.78, 5) is 60.6. The SMILES string of the molecule is CC1(C)CN(c2ccc(C#N)cn2)CCN1Cc1ccc(CNc2cccc3c2C(=O)N(C2CCC(=O)NC2=O)C3=O)cc1. The molecule has 11 heteroatoms. The summed E-state index contributed by atoms with van der Waals surface area (Å²) < 4.78 is 0. The van der Waals surface area contributed by atoms with Crippen LogP contribution in [0.4, 0.5) is 11.5 Å². The van der Waals surface area contributed by atoms with Gasteiger partial charge in [0, 0.05) is 56.6 Å². The fourth-order valence-corrected chi connectivity index (χ4v) is 6.16. The average Bonchev–Trinajstić information content (AvgIpc) is 3.27. The maximum Gasteiger partial charge on any atom is 0.264 e. The number of nitrogens with zero attached hydrogens (tertiary/aromatic N) is 5. The van der Waals surface area contributed by atoms with Gasteiger partial charge in [-0.1, -0.05) is 30.3 Å². The quantitative estimate of drug-likeness (QED) is 0.397. The first-order valence-electron chi connectivity index (χ1n) is 14.7. The van der Waals surface area contributed by atoms with E-state index in [0.29, 0.717) is 17.8 Å². The molecule has 3 aliphatic heterocycles. The fraction of sp³-hybridized carbons (Fsp3) is 0.333. The van der Waals surface area contributed by atoms with Crippen LogP contribution in [-0.4, -0.2) is 69.6 Å². The highest BCUT2D eigenvalue weighted by Gasteiger charge is 2.45. The average molecular weight is 592 g/mol. The van der Waals surface area contributed by atoms with Crippen molar-refractivity contribution in [3.63, 3.8) is 0 Å². The number of rotatable bonds is 7. The molecule has 1 unspecified atom stereocenters. The maximum absolute atomic E-state index is 13.4. The van der Waals surface area contributed by atoms with Gasteiger partial charge in [-0.3, -0.25) is 34.3 Å². The van der Waals surface area contributed by atoms with Gasteiger partial charge in [0.15, 0.2) is 0 Å². The molecule has 0 aliphatic carbocycles. The zero-order chi connectivity index (χ0) is 31.0. The third kappa shape index (κ3) is 5.52. The van der Waals surface area contributed by atoms with Crippen LogP contribution in [-0.2, 0) is 22.7 Å². The molecule has 3 aliphatic rings. The van der Waals surface area contributed by atoms with Crippen molar-refractivity contribution in [3.05, 3.63) is 88.6 Å². The number of imide groups is 2. The molecule has 0 bridgehead atoms. The zero-order valence-electron chi connectivity index (χ0n) is 24.7. The molecule has 11 nitrogen and oxygen atoms in total. The second-order valence-electron chi connectivity index (χ2n) is 12.0. The Kier molecular flexibility index (Phi) is 7.61. The lowest BCUT2D eigenvalue weighted by Gasteiger charge is -2.47. The van der Waals surface area contributed by atoms with Crippen LogP contribution in [0.3, 0.4) is 0 Å². The number of carbonyl (C=O) groups excluding carboxylic acids is 4. The van der Waals surface area contributed by atoms with Gasteiger partial charge in [-0.25, -0.2) is 4.98 Å². The van der Waals surface area contributed by atoms with E-state index in [1.165, 1.54) is 5.56 Å². The van der Waals surface area contributed by atoms with E-state index in [2.05, 4.69) is 69.6 Å². The van der Waals surface area contributed by atoms with Crippen molar-refractivity contribution in [2.45, 2.75) is 51.4 Å². The summed E-state index contributed by atoms with van der Waals surface area (Å²) in [6.07, 6.45) is 1.81. The van der Waals surface area contributed by atoms with Crippen molar-refractivity contribution in [1.29, 1.82) is 5.26 Å². The highest BCUT2D eigenvalue weighted by Crippen LogP contribution is 2.33. The van der Waals surface area contributed by atoms with E-state index in [1.807, 2.05) is 6.07 Å². The third-order valence-electron chi connectivity index (χ3n) is 8.62. The Hall–Kier alpha value is -5.08. The zero-order valence-corrected chi connectivity index (χ0v) is 24.7. The largest absolute Gasteiger partial charge is 0.380 e. The molecule has 224 valence electrons. The van der Waals surface area contributed by atoms with Crippen LogP contribution in [0, 0.1) is 11.3 Å². The van der Waals surface area contributed by atoms with Gasteiger partial charge in [-0.05, 0) is 55.7 Å². The number of piperazine rings is 1. The van der Waals surface area contributed by atoms with Gasteiger partial charge >= 0.3 is 0 Å². The van der Waals surface area contributed by atoms with E-state index in [0.717, 1.165) is 42.5 Å². The van der Waals surface area contributed by atoms with Gasteiger partial charge in [-0.15, -0.1) is 0 Å². The molecule has 3 aromatic rings. The van der Waals surface area contributed by atoms with E-state index in [-0.39, 0.29) is 29.5 Å². The highest BCUT2D eigenvalue weighted by molar-refractivity contribution is 6.25. The highest BCUT2D eigenvalue weighted by atomic mass is 16.2. The van der Waals surface area contributed by atoms with Crippen LogP contribution in [0.25, 0.3) is 0 Å². The lowest BCUT2D eigenvalue weighted by atomic mass is 9.97. The van der Waals surface area contributed by atoms with Crippen molar-refractivity contribution < 1.29 is 19.2 Å². The second-order valence-corrected chi connectivity index (χ2v) is 12.0. The molecule has 44 heavy (non-hydrogen) atoms. The molecule has 1 aromatic heterocycles. The predicted octanol–water partition coefficient (Wildman–Crippen LogP) is 3.07. The van der Waals surface area contributed by atoms with Gasteiger partial charge in [0.2, 0.25) is 11.8 Å². The first-order chi connectivity index (χ1) is 21.1. The molecular formula is C33H33N7O4. The summed E-state index contributed by atoms with van der Waals surface area (Å²) in [7, 11) is 0. The number of hydrogen-bond acceptors (Lipinski definition) is 9. The summed E-state index contributed by atoms with van der Waals surface area (Å²) in [5.41, 5.74) is 3.69. The Morgan fingerprint density at radius 3 is 2.45 bits per heavy atom. The molecule has 4 amide bonds. The molecule has 2 N–H and O–H groups in total. The topological polar surface area (TPSA) is 139 Å². The number of fused-ring (bicyclic) bond motifs is 1. The minimum Gasteiger partial charge on any atom is -0.380 e. The Morgan fingerprint density at radius 2 is 1.77 bits per heavy atom. The van der Waals surface area contributed by atoms with Crippen molar-refractivity contribution in [2.75, 3.05) is 29.9 Å². The van der Waals surface area contributed by atoms with Crippen molar-refractivity contribution in [2.24, 2.45) is 0 Å². The number of carbonyl (C=O) groups is 4. The van der Waals surface area contributed by atoms with Crippen LogP contribution in [0.5, 0.6) is 0 Å². The summed E-state index contributed by atoms with van der Waals surface area (Å²) in [5.74, 6) is -1.20. The summed E-state index contributed by atoms with van der Waals surface area (Å²) >= 11 is 0. The van der Waals surface area contributed by atoms with E-state index in [1.54, 1.807) is 30.5 Å². The number of aromatic nitrogens is 1. The molecular weight excluding hydrogens is 558 g/mol. The monoisotopic (exact) mass is 591 g/mol. The van der Waals surface area contributed by atoms with E-state index >= 15 is 0 Å². The standard InChI is InChI=1S/C33H33N7O4/c1-33(2)20-38(27-12-10-23(16-34)18-36-27)14-15-39(33)19-22-8-6-21(7-9-22)17-35-25-5-3-4-24-29(25)32(44)40(31(24)43)26-11-13-28(41)37-30(26)42/h3-10,12,18,26,35H,11,13-15,17,19-20H2,1-2H3,(H,37,41,42). The van der Waals surface area contributed by atoms with Crippen LogP contribution in [0.1, 0.15) is 64.1 Å². The Labute approximate surface area is 255 Å². The molecule has 2 fully saturated rings. The van der Waals surface area contributed by atoms with Gasteiger partial charge in [-0.2, -0.15) is 5.26 Å². The molecule has 2 saturated heterocycles. The van der Waals surface area contributed by atoms with Crippen LogP contribution in [0.15, 0.2) is 60.8 Å². The molecule has 0 saturated carbocycles. The van der Waals surface area contributed by atoms with E-state index in [9.17, 15) is 19.2 Å². The first kappa shape index (κ1) is 29.0. The van der Waals surface area contributed by atoms with Gasteiger partial charge in [0.1, 0.15) is 17.9 Å². The number of pyridine rings is 1. The number of anilines is 2. The van der Waals surface area contributed by atoms with Gasteiger partial charge < -0.3 is 10.2 Å². The van der Waals surface area contributed by atoms with Crippen LogP contribution >= 0.6 is 0 Å². The Morgan fingerprint density at radius 1 is 1.00 bits per heavy atom. The molecule has 1 atom stereocenters. The lowest BCUT2D eigenvalue weighted by molar-refractivity contribution is -0.136. The fourth-order valence-electron chi connectivity index (χ4n) is 6.16. The summed E-state index contributed by atoms with van der Waals surface area (Å²) in [5, 5.41) is 14.6. The number of benzene rings is 2. The third-order valence-corrected chi connectivity index (χ3v) is 8.62. The van der Waals surface area contributed by atoms with E-state index < -0.39 is 29.7 Å². The van der Waals surface area contributed by atoms with Crippen LogP contribution < -0.4 is 15.5 Å². The molecule has 0 radical (unpaired) electrons. The summed E-state index contributed by atoms with van der Waals surface area (Å²) in [6, 6.07) is 18.2. The van der Waals surface area contributed by atoms with Crippen molar-refractivity contribution in [1.82, 2.24) is 20.1 Å². The number of nitriles is 1. The predicted molar refractivity (Wildman–Crippen MR) is 163 cm³/mol. The van der Waals surface area contributed by atoms with E-state index in [4.69, 9.17) is 5.26 Å². The number of hydrogen-bond donors (Lipinski definition) is 2. The van der Waals surface area contributed by atoms with Gasteiger partial charge in [0.25, 0.3) is 11.8 Å². The van der Waals surface area contributed by atoms with Crippen molar-refractivity contribution in [3.8, 4) is 6.07 Å². The molecule has 4 heterocycles. The van der Waals surface area contributed by atoms with Gasteiger partial charge in [0.05, 0.1) is 16.7 Å². The van der Waals surface area contributed by atoms with Crippen molar-refractivity contribution >= 4 is 35.1 Å². The lowest BCUT2D eigenvalue weighted by Crippen LogP contribution is -2.59.